The summed E-state index contributed by atoms with van der Waals surface area (Å²) in [5.41, 5.74) is 1.81. The van der Waals surface area contributed by atoms with E-state index in [4.69, 9.17) is 0 Å². The van der Waals surface area contributed by atoms with Crippen molar-refractivity contribution in [2.24, 2.45) is 0 Å². The molecule has 0 fully saturated rings. The van der Waals surface area contributed by atoms with Crippen LogP contribution in [-0.2, 0) is 10.0 Å². The Hall–Kier alpha value is -3.08. The number of carbonyl (C=O) groups excluding carboxylic acids is 1. The van der Waals surface area contributed by atoms with Gasteiger partial charge in [-0.1, -0.05) is 51.8 Å². The fourth-order valence-corrected chi connectivity index (χ4v) is 5.06. The van der Waals surface area contributed by atoms with Gasteiger partial charge in [0.2, 0.25) is 0 Å². The van der Waals surface area contributed by atoms with Crippen LogP contribution in [0.3, 0.4) is 0 Å². The lowest BCUT2D eigenvalue weighted by Crippen LogP contribution is -2.20. The molecule has 10 heteroatoms. The second kappa shape index (κ2) is 9.42. The molecule has 1 heterocycles. The average Bonchev–Trinajstić information content (AvgIpc) is 3.22. The molecular formula is C23H17BrFN3O3S2. The number of thiazole rings is 1. The van der Waals surface area contributed by atoms with Gasteiger partial charge in [-0.25, -0.2) is 17.8 Å². The van der Waals surface area contributed by atoms with E-state index in [9.17, 15) is 17.6 Å². The molecule has 0 spiro atoms. The summed E-state index contributed by atoms with van der Waals surface area (Å²) >= 11 is 4.55. The molecule has 0 atom stereocenters. The number of carbonyl (C=O) groups is 1. The summed E-state index contributed by atoms with van der Waals surface area (Å²) in [5, 5.41) is 4.58. The molecule has 0 radical (unpaired) electrons. The smallest absolute Gasteiger partial charge is 0.262 e. The number of hydrogen-bond donors (Lipinski definition) is 2. The van der Waals surface area contributed by atoms with Gasteiger partial charge < -0.3 is 0 Å². The zero-order valence-corrected chi connectivity index (χ0v) is 20.4. The lowest BCUT2D eigenvalue weighted by Gasteiger charge is -2.13. The second-order valence-electron chi connectivity index (χ2n) is 7.08. The average molecular weight is 546 g/mol. The number of hydrogen-bond acceptors (Lipinski definition) is 5. The van der Waals surface area contributed by atoms with Crippen LogP contribution in [0.25, 0.3) is 11.3 Å². The van der Waals surface area contributed by atoms with Crippen molar-refractivity contribution < 1.29 is 17.6 Å². The van der Waals surface area contributed by atoms with Crippen molar-refractivity contribution in [2.75, 3.05) is 10.0 Å². The Morgan fingerprint density at radius 1 is 1.03 bits per heavy atom. The van der Waals surface area contributed by atoms with E-state index < -0.39 is 27.3 Å². The van der Waals surface area contributed by atoms with Gasteiger partial charge >= 0.3 is 0 Å². The molecule has 0 aliphatic carbocycles. The molecule has 4 aromatic rings. The number of anilines is 2. The molecule has 4 rings (SSSR count). The minimum Gasteiger partial charge on any atom is -0.298 e. The molecule has 1 aromatic heterocycles. The first kappa shape index (κ1) is 23.1. The van der Waals surface area contributed by atoms with Gasteiger partial charge in [-0.05, 0) is 43.3 Å². The molecule has 2 N–H and O–H groups in total. The van der Waals surface area contributed by atoms with Gasteiger partial charge in [-0.2, -0.15) is 0 Å². The van der Waals surface area contributed by atoms with Crippen molar-refractivity contribution in [2.45, 2.75) is 11.8 Å². The third-order valence-electron chi connectivity index (χ3n) is 4.68. The first-order valence-electron chi connectivity index (χ1n) is 9.64. The highest BCUT2D eigenvalue weighted by Crippen LogP contribution is 2.28. The monoisotopic (exact) mass is 545 g/mol. The van der Waals surface area contributed by atoms with Gasteiger partial charge in [0.25, 0.3) is 15.9 Å². The highest BCUT2D eigenvalue weighted by molar-refractivity contribution is 9.10. The summed E-state index contributed by atoms with van der Waals surface area (Å²) in [4.78, 5) is 17.3. The predicted octanol–water partition coefficient (Wildman–Crippen LogP) is 6.07. The Morgan fingerprint density at radius 2 is 1.73 bits per heavy atom. The van der Waals surface area contributed by atoms with Gasteiger partial charge in [-0.3, -0.25) is 14.8 Å². The first-order chi connectivity index (χ1) is 15.7. The maximum absolute atomic E-state index is 14.6. The molecule has 0 aliphatic rings. The SMILES string of the molecule is Cc1ccc(S(=O)(=O)Nc2cccc(F)c2C(=O)Nc2nc(-c3ccc(Br)cc3)cs2)cc1. The Kier molecular flexibility index (Phi) is 6.59. The van der Waals surface area contributed by atoms with Crippen LogP contribution in [-0.4, -0.2) is 19.3 Å². The van der Waals surface area contributed by atoms with Crippen LogP contribution in [0.2, 0.25) is 0 Å². The van der Waals surface area contributed by atoms with Crippen LogP contribution >= 0.6 is 27.3 Å². The fourth-order valence-electron chi connectivity index (χ4n) is 3.01. The maximum atomic E-state index is 14.6. The Bertz CT molecular complexity index is 1420. The van der Waals surface area contributed by atoms with Gasteiger partial charge in [0.1, 0.15) is 5.82 Å². The zero-order valence-electron chi connectivity index (χ0n) is 17.2. The molecule has 6 nitrogen and oxygen atoms in total. The van der Waals surface area contributed by atoms with Crippen LogP contribution < -0.4 is 10.0 Å². The molecule has 0 saturated carbocycles. The molecule has 0 aliphatic heterocycles. The minimum atomic E-state index is -4.02. The van der Waals surface area contributed by atoms with Crippen molar-refractivity contribution in [3.63, 3.8) is 0 Å². The van der Waals surface area contributed by atoms with Gasteiger partial charge in [-0.15, -0.1) is 11.3 Å². The van der Waals surface area contributed by atoms with E-state index in [-0.39, 0.29) is 15.7 Å². The molecular weight excluding hydrogens is 529 g/mol. The van der Waals surface area contributed by atoms with E-state index in [1.54, 1.807) is 17.5 Å². The second-order valence-corrected chi connectivity index (χ2v) is 10.5. The zero-order chi connectivity index (χ0) is 23.6. The van der Waals surface area contributed by atoms with E-state index in [1.807, 2.05) is 31.2 Å². The maximum Gasteiger partial charge on any atom is 0.262 e. The summed E-state index contributed by atoms with van der Waals surface area (Å²) in [6.07, 6.45) is 0. The van der Waals surface area contributed by atoms with Crippen LogP contribution in [0.4, 0.5) is 15.2 Å². The number of aromatic nitrogens is 1. The Balaban J connectivity index is 1.59. The lowest BCUT2D eigenvalue weighted by molar-refractivity contribution is 0.102. The number of benzene rings is 3. The number of nitrogens with one attached hydrogen (secondary N) is 2. The molecule has 168 valence electrons. The molecule has 33 heavy (non-hydrogen) atoms. The van der Waals surface area contributed by atoms with E-state index >= 15 is 0 Å². The number of rotatable bonds is 6. The number of aryl methyl sites for hydroxylation is 1. The van der Waals surface area contributed by atoms with E-state index in [1.165, 1.54) is 35.6 Å². The highest BCUT2D eigenvalue weighted by Gasteiger charge is 2.22. The van der Waals surface area contributed by atoms with Crippen molar-refractivity contribution in [3.8, 4) is 11.3 Å². The van der Waals surface area contributed by atoms with E-state index in [2.05, 4.69) is 31.0 Å². The van der Waals surface area contributed by atoms with Crippen molar-refractivity contribution >= 4 is 54.0 Å². The summed E-state index contributed by atoms with van der Waals surface area (Å²) in [6, 6.07) is 17.4. The lowest BCUT2D eigenvalue weighted by atomic mass is 10.1. The summed E-state index contributed by atoms with van der Waals surface area (Å²) in [5.74, 6) is -1.67. The van der Waals surface area contributed by atoms with Crippen LogP contribution in [0, 0.1) is 12.7 Å². The van der Waals surface area contributed by atoms with Crippen molar-refractivity contribution in [1.29, 1.82) is 0 Å². The topological polar surface area (TPSA) is 88.2 Å². The number of halogens is 2. The number of amides is 1. The first-order valence-corrected chi connectivity index (χ1v) is 12.8. The quantitative estimate of drug-likeness (QED) is 0.307. The molecule has 0 unspecified atom stereocenters. The summed E-state index contributed by atoms with van der Waals surface area (Å²) < 4.78 is 43.4. The number of sulfonamides is 1. The van der Waals surface area contributed by atoms with Crippen LogP contribution in [0.15, 0.2) is 81.5 Å². The highest BCUT2D eigenvalue weighted by atomic mass is 79.9. The largest absolute Gasteiger partial charge is 0.298 e. The van der Waals surface area contributed by atoms with Gasteiger partial charge in [0, 0.05) is 15.4 Å². The molecule has 3 aromatic carbocycles. The van der Waals surface area contributed by atoms with Crippen LogP contribution in [0.1, 0.15) is 15.9 Å². The summed E-state index contributed by atoms with van der Waals surface area (Å²) in [7, 11) is -4.02. The predicted molar refractivity (Wildman–Crippen MR) is 132 cm³/mol. The summed E-state index contributed by atoms with van der Waals surface area (Å²) in [6.45, 7) is 1.83. The third-order valence-corrected chi connectivity index (χ3v) is 7.35. The van der Waals surface area contributed by atoms with E-state index in [0.29, 0.717) is 5.69 Å². The van der Waals surface area contributed by atoms with Crippen LogP contribution in [0.5, 0.6) is 0 Å². The Morgan fingerprint density at radius 3 is 2.42 bits per heavy atom. The van der Waals surface area contributed by atoms with Gasteiger partial charge in [0.05, 0.1) is 21.8 Å². The van der Waals surface area contributed by atoms with E-state index in [0.717, 1.165) is 21.7 Å². The Labute approximate surface area is 202 Å². The number of nitrogens with zero attached hydrogens (tertiary/aromatic N) is 1. The van der Waals surface area contributed by atoms with Gasteiger partial charge in [0.15, 0.2) is 5.13 Å². The molecule has 0 bridgehead atoms. The van der Waals surface area contributed by atoms with Crippen molar-refractivity contribution in [1.82, 2.24) is 4.98 Å². The minimum absolute atomic E-state index is 0.00258. The van der Waals surface area contributed by atoms with Crippen molar-refractivity contribution in [3.05, 3.63) is 93.5 Å². The molecule has 1 amide bonds. The standard InChI is InChI=1S/C23H17BrFN3O3S2/c1-14-5-11-17(12-6-14)33(30,31)28-19-4-2-3-18(25)21(19)22(29)27-23-26-20(13-32-23)15-7-9-16(24)10-8-15/h2-13,28H,1H3,(H,26,27,29). The molecule has 0 saturated heterocycles. The third kappa shape index (κ3) is 5.29. The fraction of sp³-hybridized carbons (Fsp3) is 0.0435. The normalized spacial score (nSPS) is 11.2.